The number of methoxy groups -OCH3 is 1. The predicted molar refractivity (Wildman–Crippen MR) is 73.9 cm³/mol. The summed E-state index contributed by atoms with van der Waals surface area (Å²) in [5.41, 5.74) is 2.46. The van der Waals surface area contributed by atoms with Crippen molar-refractivity contribution in [2.75, 3.05) is 37.5 Å². The maximum atomic E-state index is 5.59. The van der Waals surface area contributed by atoms with Gasteiger partial charge < -0.3 is 19.9 Å². The van der Waals surface area contributed by atoms with Crippen molar-refractivity contribution in [1.82, 2.24) is 4.90 Å². The highest BCUT2D eigenvalue weighted by molar-refractivity contribution is 5.75. The number of likely N-dealkylation sites (tertiary alicyclic amines) is 1. The molecular weight excluding hydrogens is 226 g/mol. The third kappa shape index (κ3) is 1.95. The standard InChI is InChI=1S/C14H21N3O/c1-16-9-7-11(8-10-16)17-13-6-4-3-5-12(13)15-14(17)18-2/h3-6,11,14-15H,7-10H2,1-2H3. The number of benzene rings is 1. The van der Waals surface area contributed by atoms with Crippen LogP contribution in [0.4, 0.5) is 11.4 Å². The van der Waals surface area contributed by atoms with Crippen LogP contribution < -0.4 is 10.2 Å². The summed E-state index contributed by atoms with van der Waals surface area (Å²) in [7, 11) is 3.96. The number of anilines is 2. The summed E-state index contributed by atoms with van der Waals surface area (Å²) in [5, 5.41) is 3.43. The summed E-state index contributed by atoms with van der Waals surface area (Å²) >= 11 is 0. The molecule has 18 heavy (non-hydrogen) atoms. The SMILES string of the molecule is COC1Nc2ccccc2N1C1CCN(C)CC1. The summed E-state index contributed by atoms with van der Waals surface area (Å²) in [4.78, 5) is 4.80. The zero-order chi connectivity index (χ0) is 12.5. The highest BCUT2D eigenvalue weighted by atomic mass is 16.5. The minimum Gasteiger partial charge on any atom is -0.344 e. The average molecular weight is 247 g/mol. The summed E-state index contributed by atoms with van der Waals surface area (Å²) in [6, 6.07) is 9.04. The van der Waals surface area contributed by atoms with Crippen molar-refractivity contribution in [3.05, 3.63) is 24.3 Å². The van der Waals surface area contributed by atoms with Crippen LogP contribution in [0.5, 0.6) is 0 Å². The largest absolute Gasteiger partial charge is 0.344 e. The Morgan fingerprint density at radius 3 is 2.67 bits per heavy atom. The molecule has 4 heteroatoms. The molecule has 0 spiro atoms. The van der Waals surface area contributed by atoms with E-state index in [0.717, 1.165) is 0 Å². The van der Waals surface area contributed by atoms with E-state index in [-0.39, 0.29) is 6.35 Å². The highest BCUT2D eigenvalue weighted by Crippen LogP contribution is 2.37. The summed E-state index contributed by atoms with van der Waals surface area (Å²) in [6.07, 6.45) is 2.38. The van der Waals surface area contributed by atoms with E-state index in [1.54, 1.807) is 7.11 Å². The number of piperidine rings is 1. The van der Waals surface area contributed by atoms with Gasteiger partial charge in [0.05, 0.1) is 11.4 Å². The van der Waals surface area contributed by atoms with Gasteiger partial charge in [-0.1, -0.05) is 12.1 Å². The Hall–Kier alpha value is -1.26. The van der Waals surface area contributed by atoms with Gasteiger partial charge in [0.15, 0.2) is 0 Å². The lowest BCUT2D eigenvalue weighted by molar-refractivity contribution is 0.109. The lowest BCUT2D eigenvalue weighted by Crippen LogP contribution is -2.49. The van der Waals surface area contributed by atoms with Gasteiger partial charge in [0.1, 0.15) is 0 Å². The number of nitrogens with one attached hydrogen (secondary N) is 1. The number of hydrogen-bond donors (Lipinski definition) is 1. The van der Waals surface area contributed by atoms with E-state index >= 15 is 0 Å². The number of para-hydroxylation sites is 2. The van der Waals surface area contributed by atoms with Crippen LogP contribution in [0.2, 0.25) is 0 Å². The zero-order valence-corrected chi connectivity index (χ0v) is 11.1. The molecular formula is C14H21N3O. The zero-order valence-electron chi connectivity index (χ0n) is 11.1. The minimum atomic E-state index is -0.0178. The molecule has 0 radical (unpaired) electrons. The van der Waals surface area contributed by atoms with E-state index in [1.165, 1.54) is 37.3 Å². The number of rotatable bonds is 2. The predicted octanol–water partition coefficient (Wildman–Crippen LogP) is 1.94. The van der Waals surface area contributed by atoms with Crippen molar-refractivity contribution in [3.63, 3.8) is 0 Å². The van der Waals surface area contributed by atoms with Gasteiger partial charge in [-0.25, -0.2) is 0 Å². The molecule has 0 saturated carbocycles. The normalized spacial score (nSPS) is 25.0. The molecule has 1 unspecified atom stereocenters. The second kappa shape index (κ2) is 4.78. The van der Waals surface area contributed by atoms with Gasteiger partial charge in [-0.3, -0.25) is 0 Å². The fraction of sp³-hybridized carbons (Fsp3) is 0.571. The van der Waals surface area contributed by atoms with Crippen LogP contribution >= 0.6 is 0 Å². The van der Waals surface area contributed by atoms with E-state index < -0.39 is 0 Å². The number of hydrogen-bond acceptors (Lipinski definition) is 4. The summed E-state index contributed by atoms with van der Waals surface area (Å²) in [5.74, 6) is 0. The van der Waals surface area contributed by atoms with E-state index in [2.05, 4.69) is 46.4 Å². The minimum absolute atomic E-state index is 0.0178. The van der Waals surface area contributed by atoms with Crippen molar-refractivity contribution in [3.8, 4) is 0 Å². The van der Waals surface area contributed by atoms with Crippen molar-refractivity contribution in [2.45, 2.75) is 25.2 Å². The Bertz CT molecular complexity index is 415. The van der Waals surface area contributed by atoms with Gasteiger partial charge in [-0.15, -0.1) is 0 Å². The smallest absolute Gasteiger partial charge is 0.208 e. The van der Waals surface area contributed by atoms with Crippen LogP contribution in [-0.2, 0) is 4.74 Å². The molecule has 4 nitrogen and oxygen atoms in total. The number of fused-ring (bicyclic) bond motifs is 1. The molecule has 2 heterocycles. The molecule has 1 saturated heterocycles. The van der Waals surface area contributed by atoms with Crippen molar-refractivity contribution < 1.29 is 4.74 Å². The number of ether oxygens (including phenoxy) is 1. The Morgan fingerprint density at radius 2 is 1.94 bits per heavy atom. The van der Waals surface area contributed by atoms with Crippen LogP contribution in [0.1, 0.15) is 12.8 Å². The molecule has 98 valence electrons. The Morgan fingerprint density at radius 1 is 1.22 bits per heavy atom. The number of nitrogens with zero attached hydrogens (tertiary/aromatic N) is 2. The first-order valence-electron chi connectivity index (χ1n) is 6.65. The second-order valence-corrected chi connectivity index (χ2v) is 5.19. The molecule has 0 aliphatic carbocycles. The summed E-state index contributed by atoms with van der Waals surface area (Å²) < 4.78 is 5.59. The lowest BCUT2D eigenvalue weighted by Gasteiger charge is -2.38. The van der Waals surface area contributed by atoms with Gasteiger partial charge in [-0.2, -0.15) is 0 Å². The molecule has 0 bridgehead atoms. The molecule has 0 amide bonds. The first-order chi connectivity index (χ1) is 8.79. The quantitative estimate of drug-likeness (QED) is 0.864. The maximum absolute atomic E-state index is 5.59. The van der Waals surface area contributed by atoms with E-state index in [0.29, 0.717) is 6.04 Å². The maximum Gasteiger partial charge on any atom is 0.208 e. The van der Waals surface area contributed by atoms with Crippen molar-refractivity contribution in [1.29, 1.82) is 0 Å². The summed E-state index contributed by atoms with van der Waals surface area (Å²) in [6.45, 7) is 2.33. The van der Waals surface area contributed by atoms with Crippen molar-refractivity contribution >= 4 is 11.4 Å². The van der Waals surface area contributed by atoms with E-state index in [1.807, 2.05) is 0 Å². The van der Waals surface area contributed by atoms with Crippen LogP contribution in [0, 0.1) is 0 Å². The Labute approximate surface area is 109 Å². The van der Waals surface area contributed by atoms with Gasteiger partial charge in [0.2, 0.25) is 6.35 Å². The third-order valence-electron chi connectivity index (χ3n) is 4.02. The van der Waals surface area contributed by atoms with Crippen LogP contribution in [-0.4, -0.2) is 44.5 Å². The third-order valence-corrected chi connectivity index (χ3v) is 4.02. The fourth-order valence-corrected chi connectivity index (χ4v) is 2.98. The molecule has 1 aromatic rings. The molecule has 2 aliphatic heterocycles. The van der Waals surface area contributed by atoms with E-state index in [4.69, 9.17) is 4.74 Å². The van der Waals surface area contributed by atoms with Gasteiger partial charge in [0.25, 0.3) is 0 Å². The fourth-order valence-electron chi connectivity index (χ4n) is 2.98. The molecule has 1 aromatic carbocycles. The average Bonchev–Trinajstić information content (AvgIpc) is 2.78. The highest BCUT2D eigenvalue weighted by Gasteiger charge is 2.34. The first kappa shape index (κ1) is 11.8. The first-order valence-corrected chi connectivity index (χ1v) is 6.65. The van der Waals surface area contributed by atoms with E-state index in [9.17, 15) is 0 Å². The topological polar surface area (TPSA) is 27.7 Å². The monoisotopic (exact) mass is 247 g/mol. The van der Waals surface area contributed by atoms with Crippen LogP contribution in [0.15, 0.2) is 24.3 Å². The molecule has 0 aromatic heterocycles. The Balaban J connectivity index is 1.85. The molecule has 1 atom stereocenters. The lowest BCUT2D eigenvalue weighted by atomic mass is 10.0. The molecule has 1 N–H and O–H groups in total. The molecule has 2 aliphatic rings. The second-order valence-electron chi connectivity index (χ2n) is 5.19. The van der Waals surface area contributed by atoms with Crippen LogP contribution in [0.25, 0.3) is 0 Å². The van der Waals surface area contributed by atoms with Gasteiger partial charge in [-0.05, 0) is 45.1 Å². The molecule has 3 rings (SSSR count). The van der Waals surface area contributed by atoms with Crippen LogP contribution in [0.3, 0.4) is 0 Å². The Kier molecular flexibility index (Phi) is 3.14. The van der Waals surface area contributed by atoms with Crippen molar-refractivity contribution in [2.24, 2.45) is 0 Å². The van der Waals surface area contributed by atoms with Gasteiger partial charge in [0, 0.05) is 13.2 Å². The molecule has 1 fully saturated rings. The van der Waals surface area contributed by atoms with Gasteiger partial charge >= 0.3 is 0 Å².